The van der Waals surface area contributed by atoms with Gasteiger partial charge in [0.25, 0.3) is 0 Å². The van der Waals surface area contributed by atoms with E-state index in [9.17, 15) is 22.8 Å². The molecule has 0 unspecified atom stereocenters. The minimum absolute atomic E-state index is 0.0514. The zero-order valence-corrected chi connectivity index (χ0v) is 17.5. The lowest BCUT2D eigenvalue weighted by molar-refractivity contribution is -0.137. The number of fused-ring (bicyclic) bond motifs is 2. The first-order valence-electron chi connectivity index (χ1n) is 10.1. The quantitative estimate of drug-likeness (QED) is 0.640. The number of carbonyl (C=O) groups is 2. The highest BCUT2D eigenvalue weighted by molar-refractivity contribution is 8.01. The molecule has 166 valence electrons. The first kappa shape index (κ1) is 20.8. The van der Waals surface area contributed by atoms with Crippen molar-refractivity contribution in [2.45, 2.75) is 41.6 Å². The standard InChI is InChI=1S/C21H18F3N5O2S/c22-21(23,24)12-6-7-15-13(10-12)25-20(31)16(32-15)11-18(30)28-9-3-4-14(28)19-27-26-17-5-1-2-8-29(17)19/h1-2,5-8,10,14,16H,3-4,9,11H2,(H,25,31)/t14-,16+/m1/s1. The molecule has 5 rings (SSSR count). The van der Waals surface area contributed by atoms with E-state index in [-0.39, 0.29) is 24.1 Å². The molecule has 2 aliphatic heterocycles. The Labute approximate surface area is 185 Å². The van der Waals surface area contributed by atoms with Crippen molar-refractivity contribution in [1.29, 1.82) is 0 Å². The van der Waals surface area contributed by atoms with Gasteiger partial charge in [0.1, 0.15) is 0 Å². The van der Waals surface area contributed by atoms with Crippen molar-refractivity contribution in [3.05, 3.63) is 54.0 Å². The van der Waals surface area contributed by atoms with Crippen LogP contribution < -0.4 is 5.32 Å². The Morgan fingerprint density at radius 2 is 2.06 bits per heavy atom. The minimum atomic E-state index is -4.49. The van der Waals surface area contributed by atoms with Crippen molar-refractivity contribution in [2.75, 3.05) is 11.9 Å². The van der Waals surface area contributed by atoms with E-state index in [1.807, 2.05) is 28.8 Å². The van der Waals surface area contributed by atoms with Crippen molar-refractivity contribution in [3.63, 3.8) is 0 Å². The number of amides is 2. The second-order valence-electron chi connectivity index (χ2n) is 7.74. The molecular formula is C21H18F3N5O2S. The molecule has 0 saturated carbocycles. The van der Waals surface area contributed by atoms with E-state index in [0.717, 1.165) is 36.7 Å². The molecule has 7 nitrogen and oxygen atoms in total. The van der Waals surface area contributed by atoms with Gasteiger partial charge in [-0.15, -0.1) is 22.0 Å². The van der Waals surface area contributed by atoms with Gasteiger partial charge in [-0.05, 0) is 43.2 Å². The van der Waals surface area contributed by atoms with Gasteiger partial charge in [-0.3, -0.25) is 14.0 Å². The number of nitrogens with one attached hydrogen (secondary N) is 1. The minimum Gasteiger partial charge on any atom is -0.332 e. The van der Waals surface area contributed by atoms with Gasteiger partial charge in [0.15, 0.2) is 11.5 Å². The predicted molar refractivity (Wildman–Crippen MR) is 111 cm³/mol. The predicted octanol–water partition coefficient (Wildman–Crippen LogP) is 3.91. The normalized spacial score (nSPS) is 21.0. The number of alkyl halides is 3. The largest absolute Gasteiger partial charge is 0.416 e. The first-order valence-corrected chi connectivity index (χ1v) is 11.0. The Morgan fingerprint density at radius 1 is 1.22 bits per heavy atom. The third kappa shape index (κ3) is 3.70. The van der Waals surface area contributed by atoms with Crippen LogP contribution in [0.2, 0.25) is 0 Å². The lowest BCUT2D eigenvalue weighted by Gasteiger charge is -2.28. The summed E-state index contributed by atoms with van der Waals surface area (Å²) >= 11 is 1.11. The second kappa shape index (κ2) is 7.80. The molecule has 1 N–H and O–H groups in total. The van der Waals surface area contributed by atoms with Crippen LogP contribution in [-0.2, 0) is 15.8 Å². The molecule has 1 aromatic carbocycles. The number of nitrogens with zero attached hydrogens (tertiary/aromatic N) is 4. The molecule has 2 aliphatic rings. The molecule has 0 aliphatic carbocycles. The van der Waals surface area contributed by atoms with E-state index in [1.165, 1.54) is 6.07 Å². The second-order valence-corrected chi connectivity index (χ2v) is 8.99. The Hall–Kier alpha value is -3.08. The van der Waals surface area contributed by atoms with Crippen molar-refractivity contribution >= 4 is 34.9 Å². The maximum Gasteiger partial charge on any atom is 0.416 e. The summed E-state index contributed by atoms with van der Waals surface area (Å²) in [6, 6.07) is 8.56. The van der Waals surface area contributed by atoms with Gasteiger partial charge in [0, 0.05) is 24.1 Å². The van der Waals surface area contributed by atoms with Crippen LogP contribution in [0.4, 0.5) is 18.9 Å². The molecule has 2 aromatic heterocycles. The number of pyridine rings is 1. The summed E-state index contributed by atoms with van der Waals surface area (Å²) in [6.07, 6.45) is -1.14. The van der Waals surface area contributed by atoms with Gasteiger partial charge < -0.3 is 10.2 Å². The molecule has 4 heterocycles. The van der Waals surface area contributed by atoms with Gasteiger partial charge >= 0.3 is 6.18 Å². The highest BCUT2D eigenvalue weighted by Crippen LogP contribution is 2.41. The monoisotopic (exact) mass is 461 g/mol. The molecular weight excluding hydrogens is 443 g/mol. The number of thioether (sulfide) groups is 1. The summed E-state index contributed by atoms with van der Waals surface area (Å²) in [5.41, 5.74) is -0.0153. The summed E-state index contributed by atoms with van der Waals surface area (Å²) in [5.74, 6) is 0.0132. The zero-order chi connectivity index (χ0) is 22.5. The maximum absolute atomic E-state index is 13.1. The van der Waals surface area contributed by atoms with E-state index >= 15 is 0 Å². The summed E-state index contributed by atoms with van der Waals surface area (Å²) in [7, 11) is 0. The number of halogens is 3. The van der Waals surface area contributed by atoms with E-state index in [1.54, 1.807) is 4.90 Å². The molecule has 0 bridgehead atoms. The number of hydrogen-bond acceptors (Lipinski definition) is 5. The first-order chi connectivity index (χ1) is 15.3. The molecule has 1 fully saturated rings. The van der Waals surface area contributed by atoms with Gasteiger partial charge in [-0.1, -0.05) is 6.07 Å². The van der Waals surface area contributed by atoms with E-state index in [4.69, 9.17) is 0 Å². The SMILES string of the molecule is O=C1Nc2cc(C(F)(F)F)ccc2S[C@H]1CC(=O)N1CCC[C@@H]1c1nnc2ccccn12. The van der Waals surface area contributed by atoms with Crippen molar-refractivity contribution in [1.82, 2.24) is 19.5 Å². The molecule has 0 spiro atoms. The average molecular weight is 461 g/mol. The molecule has 11 heteroatoms. The number of benzene rings is 1. The molecule has 2 atom stereocenters. The Bertz CT molecular complexity index is 1210. The summed E-state index contributed by atoms with van der Waals surface area (Å²) in [6.45, 7) is 0.551. The van der Waals surface area contributed by atoms with Crippen LogP contribution in [-0.4, -0.2) is 43.1 Å². The van der Waals surface area contributed by atoms with Crippen LogP contribution in [0.1, 0.15) is 36.7 Å². The van der Waals surface area contributed by atoms with E-state index in [0.29, 0.717) is 22.9 Å². The fraction of sp³-hybridized carbons (Fsp3) is 0.333. The number of anilines is 1. The number of carbonyl (C=O) groups excluding carboxylic acids is 2. The molecule has 2 amide bonds. The third-order valence-corrected chi connectivity index (χ3v) is 6.97. The topological polar surface area (TPSA) is 79.6 Å². The smallest absolute Gasteiger partial charge is 0.332 e. The molecule has 1 saturated heterocycles. The van der Waals surface area contributed by atoms with E-state index in [2.05, 4.69) is 15.5 Å². The van der Waals surface area contributed by atoms with E-state index < -0.39 is 22.9 Å². The van der Waals surface area contributed by atoms with Crippen LogP contribution in [0, 0.1) is 0 Å². The van der Waals surface area contributed by atoms with Crippen molar-refractivity contribution < 1.29 is 22.8 Å². The zero-order valence-electron chi connectivity index (χ0n) is 16.7. The van der Waals surface area contributed by atoms with Crippen LogP contribution in [0.3, 0.4) is 0 Å². The highest BCUT2D eigenvalue weighted by atomic mass is 32.2. The van der Waals surface area contributed by atoms with Gasteiger partial charge in [0.2, 0.25) is 11.8 Å². The van der Waals surface area contributed by atoms with Crippen LogP contribution in [0.25, 0.3) is 5.65 Å². The molecule has 0 radical (unpaired) electrons. The van der Waals surface area contributed by atoms with Crippen LogP contribution >= 0.6 is 11.8 Å². The highest BCUT2D eigenvalue weighted by Gasteiger charge is 2.38. The lowest BCUT2D eigenvalue weighted by atomic mass is 10.1. The van der Waals surface area contributed by atoms with Crippen LogP contribution in [0.5, 0.6) is 0 Å². The van der Waals surface area contributed by atoms with Crippen LogP contribution in [0.15, 0.2) is 47.5 Å². The summed E-state index contributed by atoms with van der Waals surface area (Å²) in [5, 5.41) is 10.2. The Balaban J connectivity index is 1.33. The Morgan fingerprint density at radius 3 is 2.88 bits per heavy atom. The van der Waals surface area contributed by atoms with Crippen molar-refractivity contribution in [2.24, 2.45) is 0 Å². The maximum atomic E-state index is 13.1. The fourth-order valence-corrected chi connectivity index (χ4v) is 5.24. The Kier molecular flexibility index (Phi) is 5.07. The number of likely N-dealkylation sites (tertiary alicyclic amines) is 1. The third-order valence-electron chi connectivity index (χ3n) is 5.70. The number of aromatic nitrogens is 3. The van der Waals surface area contributed by atoms with Gasteiger partial charge in [-0.2, -0.15) is 13.2 Å². The summed E-state index contributed by atoms with van der Waals surface area (Å²) in [4.78, 5) is 27.9. The van der Waals surface area contributed by atoms with Gasteiger partial charge in [-0.25, -0.2) is 0 Å². The van der Waals surface area contributed by atoms with Crippen molar-refractivity contribution in [3.8, 4) is 0 Å². The molecule has 32 heavy (non-hydrogen) atoms. The number of rotatable bonds is 3. The number of hydrogen-bond donors (Lipinski definition) is 1. The molecule has 3 aromatic rings. The lowest BCUT2D eigenvalue weighted by Crippen LogP contribution is -2.37. The summed E-state index contributed by atoms with van der Waals surface area (Å²) < 4.78 is 40.7. The fourth-order valence-electron chi connectivity index (χ4n) is 4.16. The van der Waals surface area contributed by atoms with Gasteiger partial charge in [0.05, 0.1) is 22.5 Å². The average Bonchev–Trinajstić information content (AvgIpc) is 3.40.